The summed E-state index contributed by atoms with van der Waals surface area (Å²) in [5, 5.41) is 2.36. The van der Waals surface area contributed by atoms with E-state index in [4.69, 9.17) is 5.73 Å². The van der Waals surface area contributed by atoms with Crippen LogP contribution in [0.15, 0.2) is 54.6 Å². The zero-order valence-corrected chi connectivity index (χ0v) is 12.2. The Labute approximate surface area is 124 Å². The predicted molar refractivity (Wildman–Crippen MR) is 85.9 cm³/mol. The molecule has 3 rings (SSSR count). The molecular weight excluding hydrogens is 261 g/mol. The Morgan fingerprint density at radius 2 is 1.48 bits per heavy atom. The first kappa shape index (κ1) is 13.8. The Balaban J connectivity index is 2.10. The van der Waals surface area contributed by atoms with Crippen molar-refractivity contribution >= 4 is 10.8 Å². The standard InChI is InChI=1S/C19H18FN/c1-12-9-17(20)10-13(2)18(12)19(21)16-8-7-14-5-3-4-6-15(14)11-16/h3-11,19H,21H2,1-2H3. The number of halogens is 1. The maximum Gasteiger partial charge on any atom is 0.123 e. The van der Waals surface area contributed by atoms with Gasteiger partial charge in [0.15, 0.2) is 0 Å². The highest BCUT2D eigenvalue weighted by Gasteiger charge is 2.15. The van der Waals surface area contributed by atoms with E-state index < -0.39 is 0 Å². The molecule has 0 saturated carbocycles. The summed E-state index contributed by atoms with van der Waals surface area (Å²) in [5.41, 5.74) is 10.3. The first-order valence-corrected chi connectivity index (χ1v) is 7.07. The second-order valence-electron chi connectivity index (χ2n) is 5.54. The lowest BCUT2D eigenvalue weighted by atomic mass is 9.91. The van der Waals surface area contributed by atoms with Gasteiger partial charge in [0.2, 0.25) is 0 Å². The van der Waals surface area contributed by atoms with E-state index in [9.17, 15) is 4.39 Å². The molecule has 0 aliphatic rings. The Bertz CT molecular complexity index is 785. The van der Waals surface area contributed by atoms with Crippen LogP contribution in [0.1, 0.15) is 28.3 Å². The Morgan fingerprint density at radius 1 is 0.857 bits per heavy atom. The molecule has 2 heteroatoms. The van der Waals surface area contributed by atoms with Gasteiger partial charge in [-0.3, -0.25) is 0 Å². The van der Waals surface area contributed by atoms with Gasteiger partial charge >= 0.3 is 0 Å². The van der Waals surface area contributed by atoms with Crippen molar-refractivity contribution in [3.63, 3.8) is 0 Å². The lowest BCUT2D eigenvalue weighted by Gasteiger charge is -2.18. The molecule has 1 unspecified atom stereocenters. The highest BCUT2D eigenvalue weighted by Crippen LogP contribution is 2.28. The van der Waals surface area contributed by atoms with Gasteiger partial charge in [0.1, 0.15) is 5.82 Å². The van der Waals surface area contributed by atoms with Crippen LogP contribution in [-0.4, -0.2) is 0 Å². The van der Waals surface area contributed by atoms with Crippen molar-refractivity contribution in [1.29, 1.82) is 0 Å². The molecule has 0 amide bonds. The third-order valence-electron chi connectivity index (χ3n) is 4.00. The van der Waals surface area contributed by atoms with E-state index in [1.165, 1.54) is 10.8 Å². The average molecular weight is 279 g/mol. The molecule has 0 aliphatic carbocycles. The van der Waals surface area contributed by atoms with E-state index in [0.717, 1.165) is 22.3 Å². The Morgan fingerprint density at radius 3 is 2.14 bits per heavy atom. The molecular formula is C19H18FN. The summed E-state index contributed by atoms with van der Waals surface area (Å²) in [4.78, 5) is 0. The minimum Gasteiger partial charge on any atom is -0.320 e. The molecule has 106 valence electrons. The van der Waals surface area contributed by atoms with E-state index in [1.807, 2.05) is 26.0 Å². The fourth-order valence-corrected chi connectivity index (χ4v) is 2.98. The van der Waals surface area contributed by atoms with Crippen molar-refractivity contribution in [1.82, 2.24) is 0 Å². The van der Waals surface area contributed by atoms with E-state index in [2.05, 4.69) is 30.3 Å². The van der Waals surface area contributed by atoms with Crippen molar-refractivity contribution in [2.45, 2.75) is 19.9 Å². The topological polar surface area (TPSA) is 26.0 Å². The van der Waals surface area contributed by atoms with Gasteiger partial charge in [-0.2, -0.15) is 0 Å². The van der Waals surface area contributed by atoms with E-state index >= 15 is 0 Å². The molecule has 2 N–H and O–H groups in total. The first-order chi connectivity index (χ1) is 10.1. The van der Waals surface area contributed by atoms with Crippen LogP contribution < -0.4 is 5.73 Å². The van der Waals surface area contributed by atoms with Crippen LogP contribution in [0.25, 0.3) is 10.8 Å². The van der Waals surface area contributed by atoms with Crippen LogP contribution >= 0.6 is 0 Å². The van der Waals surface area contributed by atoms with Crippen molar-refractivity contribution in [2.75, 3.05) is 0 Å². The van der Waals surface area contributed by atoms with E-state index in [0.29, 0.717) is 0 Å². The zero-order chi connectivity index (χ0) is 15.0. The molecule has 3 aromatic rings. The average Bonchev–Trinajstić information content (AvgIpc) is 2.45. The van der Waals surface area contributed by atoms with Gasteiger partial charge in [-0.25, -0.2) is 4.39 Å². The van der Waals surface area contributed by atoms with Crippen molar-refractivity contribution in [3.05, 3.63) is 82.7 Å². The Kier molecular flexibility index (Phi) is 3.48. The maximum absolute atomic E-state index is 13.4. The van der Waals surface area contributed by atoms with E-state index in [-0.39, 0.29) is 11.9 Å². The smallest absolute Gasteiger partial charge is 0.123 e. The molecule has 0 radical (unpaired) electrons. The second-order valence-corrected chi connectivity index (χ2v) is 5.54. The molecule has 1 atom stereocenters. The normalized spacial score (nSPS) is 12.6. The van der Waals surface area contributed by atoms with Crippen LogP contribution in [0, 0.1) is 19.7 Å². The number of benzene rings is 3. The van der Waals surface area contributed by atoms with Crippen LogP contribution in [-0.2, 0) is 0 Å². The monoisotopic (exact) mass is 279 g/mol. The molecule has 0 saturated heterocycles. The summed E-state index contributed by atoms with van der Waals surface area (Å²) in [6.45, 7) is 3.82. The summed E-state index contributed by atoms with van der Waals surface area (Å²) >= 11 is 0. The van der Waals surface area contributed by atoms with Crippen LogP contribution in [0.3, 0.4) is 0 Å². The van der Waals surface area contributed by atoms with Gasteiger partial charge in [-0.05, 0) is 65.1 Å². The number of fused-ring (bicyclic) bond motifs is 1. The van der Waals surface area contributed by atoms with Gasteiger partial charge < -0.3 is 5.73 Å². The predicted octanol–water partition coefficient (Wildman–Crippen LogP) is 4.64. The van der Waals surface area contributed by atoms with Gasteiger partial charge in [0.05, 0.1) is 6.04 Å². The minimum atomic E-state index is -0.241. The summed E-state index contributed by atoms with van der Waals surface area (Å²) in [6.07, 6.45) is 0. The third-order valence-corrected chi connectivity index (χ3v) is 4.00. The van der Waals surface area contributed by atoms with Gasteiger partial charge in [0, 0.05) is 0 Å². The van der Waals surface area contributed by atoms with Crippen LogP contribution in [0.5, 0.6) is 0 Å². The summed E-state index contributed by atoms with van der Waals surface area (Å²) in [6, 6.07) is 17.3. The molecule has 0 aromatic heterocycles. The summed E-state index contributed by atoms with van der Waals surface area (Å²) < 4.78 is 13.4. The number of nitrogens with two attached hydrogens (primary N) is 1. The SMILES string of the molecule is Cc1cc(F)cc(C)c1C(N)c1ccc2ccccc2c1. The molecule has 0 spiro atoms. The van der Waals surface area contributed by atoms with Crippen molar-refractivity contribution in [3.8, 4) is 0 Å². The number of rotatable bonds is 2. The zero-order valence-electron chi connectivity index (χ0n) is 12.2. The molecule has 21 heavy (non-hydrogen) atoms. The first-order valence-electron chi connectivity index (χ1n) is 7.07. The summed E-state index contributed by atoms with van der Waals surface area (Å²) in [7, 11) is 0. The molecule has 0 aliphatic heterocycles. The van der Waals surface area contributed by atoms with Crippen LogP contribution in [0.2, 0.25) is 0 Å². The molecule has 3 aromatic carbocycles. The highest BCUT2D eigenvalue weighted by molar-refractivity contribution is 5.83. The fourth-order valence-electron chi connectivity index (χ4n) is 2.98. The number of hydrogen-bond donors (Lipinski definition) is 1. The molecule has 0 bridgehead atoms. The highest BCUT2D eigenvalue weighted by atomic mass is 19.1. The largest absolute Gasteiger partial charge is 0.320 e. The minimum absolute atomic E-state index is 0.209. The van der Waals surface area contributed by atoms with Crippen molar-refractivity contribution < 1.29 is 4.39 Å². The summed E-state index contributed by atoms with van der Waals surface area (Å²) in [5.74, 6) is -0.209. The molecule has 1 nitrogen and oxygen atoms in total. The molecule has 0 fully saturated rings. The lowest BCUT2D eigenvalue weighted by Crippen LogP contribution is -2.15. The van der Waals surface area contributed by atoms with Gasteiger partial charge in [-0.1, -0.05) is 36.4 Å². The lowest BCUT2D eigenvalue weighted by molar-refractivity contribution is 0.623. The number of hydrogen-bond acceptors (Lipinski definition) is 1. The van der Waals surface area contributed by atoms with Gasteiger partial charge in [0.25, 0.3) is 0 Å². The van der Waals surface area contributed by atoms with E-state index in [1.54, 1.807) is 12.1 Å². The van der Waals surface area contributed by atoms with Crippen molar-refractivity contribution in [2.24, 2.45) is 5.73 Å². The molecule has 0 heterocycles. The second kappa shape index (κ2) is 5.30. The van der Waals surface area contributed by atoms with Gasteiger partial charge in [-0.15, -0.1) is 0 Å². The fraction of sp³-hybridized carbons (Fsp3) is 0.158. The third kappa shape index (κ3) is 2.55. The van der Waals surface area contributed by atoms with Crippen LogP contribution in [0.4, 0.5) is 4.39 Å². The quantitative estimate of drug-likeness (QED) is 0.726. The maximum atomic E-state index is 13.4. The Hall–Kier alpha value is -2.19. The number of aryl methyl sites for hydroxylation is 2.